The average molecular weight is 296 g/mol. The summed E-state index contributed by atoms with van der Waals surface area (Å²) < 4.78 is 1.19. The maximum Gasteiger partial charge on any atom is 0.0343 e. The summed E-state index contributed by atoms with van der Waals surface area (Å²) in [7, 11) is 0. The van der Waals surface area contributed by atoms with Crippen molar-refractivity contribution in [1.82, 2.24) is 0 Å². The largest absolute Gasteiger partial charge is 0.385 e. The van der Waals surface area contributed by atoms with Gasteiger partial charge >= 0.3 is 0 Å². The molecule has 1 nitrogen and oxygen atoms in total. The molecule has 2 rings (SSSR count). The molecular formula is C15H22BrN. The smallest absolute Gasteiger partial charge is 0.0343 e. The van der Waals surface area contributed by atoms with Gasteiger partial charge in [-0.2, -0.15) is 0 Å². The number of rotatable bonds is 3. The molecule has 0 saturated heterocycles. The van der Waals surface area contributed by atoms with Crippen LogP contribution in [0, 0.1) is 18.8 Å². The van der Waals surface area contributed by atoms with E-state index in [0.717, 1.165) is 18.4 Å². The van der Waals surface area contributed by atoms with Crippen LogP contribution in [-0.2, 0) is 0 Å². The Balaban J connectivity index is 1.86. The van der Waals surface area contributed by atoms with Gasteiger partial charge in [0.2, 0.25) is 0 Å². The molecule has 1 aromatic rings. The Morgan fingerprint density at radius 3 is 2.88 bits per heavy atom. The molecule has 0 heterocycles. The number of hydrogen-bond acceptors (Lipinski definition) is 1. The van der Waals surface area contributed by atoms with E-state index in [9.17, 15) is 0 Å². The van der Waals surface area contributed by atoms with E-state index in [-0.39, 0.29) is 0 Å². The zero-order valence-electron chi connectivity index (χ0n) is 10.8. The molecule has 17 heavy (non-hydrogen) atoms. The molecule has 2 atom stereocenters. The van der Waals surface area contributed by atoms with Crippen molar-refractivity contribution in [1.29, 1.82) is 0 Å². The zero-order chi connectivity index (χ0) is 12.3. The van der Waals surface area contributed by atoms with Gasteiger partial charge in [-0.15, -0.1) is 0 Å². The van der Waals surface area contributed by atoms with Crippen LogP contribution >= 0.6 is 15.9 Å². The first-order valence-corrected chi connectivity index (χ1v) is 7.44. The van der Waals surface area contributed by atoms with Gasteiger partial charge in [-0.1, -0.05) is 35.7 Å². The first-order chi connectivity index (χ1) is 8.15. The van der Waals surface area contributed by atoms with Crippen LogP contribution in [0.2, 0.25) is 0 Å². The van der Waals surface area contributed by atoms with Crippen LogP contribution in [0.3, 0.4) is 0 Å². The lowest BCUT2D eigenvalue weighted by atomic mass is 9.82. The highest BCUT2D eigenvalue weighted by atomic mass is 79.9. The van der Waals surface area contributed by atoms with E-state index in [1.54, 1.807) is 0 Å². The first kappa shape index (κ1) is 12.9. The summed E-state index contributed by atoms with van der Waals surface area (Å²) in [6, 6.07) is 6.50. The van der Waals surface area contributed by atoms with Crippen LogP contribution in [0.4, 0.5) is 5.69 Å². The lowest BCUT2D eigenvalue weighted by Gasteiger charge is -2.27. The second-order valence-electron chi connectivity index (χ2n) is 5.48. The highest BCUT2D eigenvalue weighted by molar-refractivity contribution is 9.10. The third-order valence-electron chi connectivity index (χ3n) is 3.80. The predicted octanol–water partition coefficient (Wildman–Crippen LogP) is 5.00. The van der Waals surface area contributed by atoms with E-state index in [1.807, 2.05) is 0 Å². The van der Waals surface area contributed by atoms with Gasteiger partial charge in [0.15, 0.2) is 0 Å². The van der Waals surface area contributed by atoms with Crippen molar-refractivity contribution in [3.8, 4) is 0 Å². The Labute approximate surface area is 113 Å². The lowest BCUT2D eigenvalue weighted by molar-refractivity contribution is 0.293. The van der Waals surface area contributed by atoms with Crippen molar-refractivity contribution in [2.75, 3.05) is 11.9 Å². The molecule has 0 spiro atoms. The quantitative estimate of drug-likeness (QED) is 0.828. The molecule has 0 aromatic heterocycles. The molecule has 1 aromatic carbocycles. The maximum atomic E-state index is 3.58. The SMILES string of the molecule is Cc1cc(NCC2CCCC(C)C2)ccc1Br. The van der Waals surface area contributed by atoms with E-state index < -0.39 is 0 Å². The molecule has 2 unspecified atom stereocenters. The van der Waals surface area contributed by atoms with Crippen LogP contribution in [0.25, 0.3) is 0 Å². The van der Waals surface area contributed by atoms with Gasteiger partial charge in [0.05, 0.1) is 0 Å². The third kappa shape index (κ3) is 3.74. The summed E-state index contributed by atoms with van der Waals surface area (Å²) in [6.45, 7) is 5.65. The minimum Gasteiger partial charge on any atom is -0.385 e. The van der Waals surface area contributed by atoms with Gasteiger partial charge in [0.25, 0.3) is 0 Å². The van der Waals surface area contributed by atoms with Gasteiger partial charge in [-0.05, 0) is 55.4 Å². The zero-order valence-corrected chi connectivity index (χ0v) is 12.4. The van der Waals surface area contributed by atoms with Crippen molar-refractivity contribution in [2.24, 2.45) is 11.8 Å². The molecule has 0 amide bonds. The van der Waals surface area contributed by atoms with Gasteiger partial charge < -0.3 is 5.32 Å². The molecule has 1 aliphatic carbocycles. The molecule has 94 valence electrons. The molecule has 0 aliphatic heterocycles. The summed E-state index contributed by atoms with van der Waals surface area (Å²) in [5.74, 6) is 1.78. The van der Waals surface area contributed by atoms with E-state index in [1.165, 1.54) is 41.4 Å². The van der Waals surface area contributed by atoms with Crippen molar-refractivity contribution < 1.29 is 0 Å². The lowest BCUT2D eigenvalue weighted by Crippen LogP contribution is -2.21. The number of hydrogen-bond donors (Lipinski definition) is 1. The molecule has 1 N–H and O–H groups in total. The third-order valence-corrected chi connectivity index (χ3v) is 4.69. The van der Waals surface area contributed by atoms with Crippen LogP contribution in [0.15, 0.2) is 22.7 Å². The molecule has 0 radical (unpaired) electrons. The van der Waals surface area contributed by atoms with Crippen molar-refractivity contribution >= 4 is 21.6 Å². The van der Waals surface area contributed by atoms with Crippen molar-refractivity contribution in [3.05, 3.63) is 28.2 Å². The highest BCUT2D eigenvalue weighted by Gasteiger charge is 2.18. The van der Waals surface area contributed by atoms with Crippen LogP contribution in [0.5, 0.6) is 0 Å². The topological polar surface area (TPSA) is 12.0 Å². The van der Waals surface area contributed by atoms with Crippen LogP contribution in [0.1, 0.15) is 38.2 Å². The van der Waals surface area contributed by atoms with Crippen LogP contribution < -0.4 is 5.32 Å². The number of halogens is 1. The monoisotopic (exact) mass is 295 g/mol. The predicted molar refractivity (Wildman–Crippen MR) is 78.5 cm³/mol. The number of anilines is 1. The second-order valence-corrected chi connectivity index (χ2v) is 6.34. The Kier molecular flexibility index (Phi) is 4.49. The van der Waals surface area contributed by atoms with Crippen molar-refractivity contribution in [2.45, 2.75) is 39.5 Å². The Morgan fingerprint density at radius 2 is 2.18 bits per heavy atom. The molecule has 1 aliphatic rings. The number of aryl methyl sites for hydroxylation is 1. The summed E-state index contributed by atoms with van der Waals surface area (Å²) in [4.78, 5) is 0. The molecular weight excluding hydrogens is 274 g/mol. The molecule has 2 heteroatoms. The van der Waals surface area contributed by atoms with E-state index in [2.05, 4.69) is 53.3 Å². The van der Waals surface area contributed by atoms with Crippen molar-refractivity contribution in [3.63, 3.8) is 0 Å². The molecule has 1 fully saturated rings. The Morgan fingerprint density at radius 1 is 1.35 bits per heavy atom. The minimum atomic E-state index is 0.864. The fourth-order valence-corrected chi connectivity index (χ4v) is 3.01. The normalized spacial score (nSPS) is 24.6. The van der Waals surface area contributed by atoms with E-state index in [4.69, 9.17) is 0 Å². The fraction of sp³-hybridized carbons (Fsp3) is 0.600. The summed E-state index contributed by atoms with van der Waals surface area (Å²) in [5.41, 5.74) is 2.55. The number of benzene rings is 1. The molecule has 0 bridgehead atoms. The van der Waals surface area contributed by atoms with Gasteiger partial charge in [0.1, 0.15) is 0 Å². The summed E-state index contributed by atoms with van der Waals surface area (Å²) in [6.07, 6.45) is 5.62. The Hall–Kier alpha value is -0.500. The first-order valence-electron chi connectivity index (χ1n) is 6.65. The maximum absolute atomic E-state index is 3.58. The van der Waals surface area contributed by atoms with Gasteiger partial charge in [-0.3, -0.25) is 0 Å². The number of nitrogens with one attached hydrogen (secondary N) is 1. The fourth-order valence-electron chi connectivity index (χ4n) is 2.76. The van der Waals surface area contributed by atoms with E-state index in [0.29, 0.717) is 0 Å². The summed E-state index contributed by atoms with van der Waals surface area (Å²) >= 11 is 3.54. The van der Waals surface area contributed by atoms with E-state index >= 15 is 0 Å². The highest BCUT2D eigenvalue weighted by Crippen LogP contribution is 2.29. The Bertz CT molecular complexity index is 375. The average Bonchev–Trinajstić information content (AvgIpc) is 2.31. The second kappa shape index (κ2) is 5.90. The van der Waals surface area contributed by atoms with Crippen LogP contribution in [-0.4, -0.2) is 6.54 Å². The standard InChI is InChI=1S/C15H22BrN/c1-11-4-3-5-13(8-11)10-17-14-6-7-15(16)12(2)9-14/h6-7,9,11,13,17H,3-5,8,10H2,1-2H3. The summed E-state index contributed by atoms with van der Waals surface area (Å²) in [5, 5.41) is 3.58. The minimum absolute atomic E-state index is 0.864. The van der Waals surface area contributed by atoms with Gasteiger partial charge in [-0.25, -0.2) is 0 Å². The van der Waals surface area contributed by atoms with Gasteiger partial charge in [0, 0.05) is 16.7 Å². The molecule has 1 saturated carbocycles.